The molecule has 4 aromatic carbocycles. The van der Waals surface area contributed by atoms with E-state index in [-0.39, 0.29) is 57.7 Å². The zero-order valence-electron chi connectivity index (χ0n) is 37.0. The molecular formula is C45H45ClN10O10S. The van der Waals surface area contributed by atoms with Gasteiger partial charge in [0.2, 0.25) is 5.91 Å². The predicted octanol–water partition coefficient (Wildman–Crippen LogP) is 5.94. The number of carbonyl (C=O) groups excluding carboxylic acids is 6. The van der Waals surface area contributed by atoms with Gasteiger partial charge in [-0.2, -0.15) is 4.68 Å². The van der Waals surface area contributed by atoms with Crippen molar-refractivity contribution in [3.63, 3.8) is 0 Å². The summed E-state index contributed by atoms with van der Waals surface area (Å²) in [4.78, 5) is 84.7. The minimum Gasteiger partial charge on any atom is -0.455 e. The zero-order valence-corrected chi connectivity index (χ0v) is 38.6. The monoisotopic (exact) mass is 952 g/mol. The summed E-state index contributed by atoms with van der Waals surface area (Å²) in [6.45, 7) is 9.93. The average molecular weight is 953 g/mol. The highest BCUT2D eigenvalue weighted by Gasteiger charge is 2.41. The van der Waals surface area contributed by atoms with Gasteiger partial charge in [-0.15, -0.1) is 5.10 Å². The van der Waals surface area contributed by atoms with Crippen molar-refractivity contribution in [2.24, 2.45) is 0 Å². The Balaban J connectivity index is 1.18. The van der Waals surface area contributed by atoms with Crippen molar-refractivity contribution >= 4 is 85.4 Å². The molecule has 67 heavy (non-hydrogen) atoms. The second kappa shape index (κ2) is 18.7. The lowest BCUT2D eigenvalue weighted by Gasteiger charge is -2.38. The maximum absolute atomic E-state index is 14.5. The highest BCUT2D eigenvalue weighted by Crippen LogP contribution is 2.31. The first-order valence-electron chi connectivity index (χ1n) is 20.6. The first kappa shape index (κ1) is 47.3. The van der Waals surface area contributed by atoms with Gasteiger partial charge in [0, 0.05) is 41.3 Å². The van der Waals surface area contributed by atoms with Gasteiger partial charge in [0.15, 0.2) is 0 Å². The van der Waals surface area contributed by atoms with E-state index >= 15 is 0 Å². The van der Waals surface area contributed by atoms with Crippen molar-refractivity contribution in [1.82, 2.24) is 34.4 Å². The number of benzene rings is 4. The second-order valence-electron chi connectivity index (χ2n) is 17.2. The van der Waals surface area contributed by atoms with Crippen LogP contribution in [0.4, 0.5) is 26.7 Å². The lowest BCUT2D eigenvalue weighted by molar-refractivity contribution is -0.149. The largest absolute Gasteiger partial charge is 0.455 e. The van der Waals surface area contributed by atoms with Crippen molar-refractivity contribution < 1.29 is 46.7 Å². The summed E-state index contributed by atoms with van der Waals surface area (Å²) in [5.41, 5.74) is -0.0954. The number of sulfonamides is 1. The van der Waals surface area contributed by atoms with E-state index in [0.29, 0.717) is 16.6 Å². The van der Waals surface area contributed by atoms with Gasteiger partial charge in [-0.3, -0.25) is 14.4 Å². The standard InChI is InChI=1S/C45H45ClN10O10S/c1-44(2,3)65-41(60)37-24-28-23-31(17-19-33(28)56(37)43(62)66-45(4,5)6)48-38(57)36(22-27-12-15-30(16-13-27)49-42(61)50-67(63,64)32-10-8-7-9-11-32)54-21-20-53(39(58)40(54)59)35-25-29(46)14-18-34(35)55-26-47-51-52-55/h7-19,23-26,36H,20-22H2,1-6H3,(H,48,57)(H2,49,50,61)/t36-/m0/s1. The molecule has 6 aromatic rings. The van der Waals surface area contributed by atoms with Crippen molar-refractivity contribution in [3.05, 3.63) is 120 Å². The van der Waals surface area contributed by atoms with Crippen molar-refractivity contribution in [1.29, 1.82) is 0 Å². The Hall–Kier alpha value is -7.65. The molecule has 0 aliphatic carbocycles. The van der Waals surface area contributed by atoms with Crippen molar-refractivity contribution in [2.45, 2.75) is 70.1 Å². The fraction of sp³-hybridized carbons (Fsp3) is 0.267. The van der Waals surface area contributed by atoms with Gasteiger partial charge >= 0.3 is 29.9 Å². The summed E-state index contributed by atoms with van der Waals surface area (Å²) >= 11 is 6.34. The fourth-order valence-electron chi connectivity index (χ4n) is 7.09. The van der Waals surface area contributed by atoms with Gasteiger partial charge in [-0.05, 0) is 124 Å². The number of anilines is 3. The van der Waals surface area contributed by atoms with Gasteiger partial charge in [0.05, 0.1) is 21.8 Å². The van der Waals surface area contributed by atoms with Crippen LogP contribution in [0.3, 0.4) is 0 Å². The number of tetrazole rings is 1. The van der Waals surface area contributed by atoms with Gasteiger partial charge in [-0.1, -0.05) is 41.9 Å². The molecular weight excluding hydrogens is 908 g/mol. The van der Waals surface area contributed by atoms with Crippen LogP contribution >= 0.6 is 11.6 Å². The third kappa shape index (κ3) is 11.1. The first-order chi connectivity index (χ1) is 31.6. The van der Waals surface area contributed by atoms with Crippen molar-refractivity contribution in [3.8, 4) is 5.69 Å². The quantitative estimate of drug-likeness (QED) is 0.101. The molecule has 22 heteroatoms. The molecule has 2 aromatic heterocycles. The highest BCUT2D eigenvalue weighted by atomic mass is 35.5. The van der Waals surface area contributed by atoms with Crippen LogP contribution in [0.25, 0.3) is 16.6 Å². The van der Waals surface area contributed by atoms with E-state index in [1.807, 2.05) is 4.72 Å². The molecule has 1 fully saturated rings. The summed E-state index contributed by atoms with van der Waals surface area (Å²) < 4.78 is 41.0. The Bertz CT molecular complexity index is 3000. The molecule has 0 bridgehead atoms. The number of piperazine rings is 1. The summed E-state index contributed by atoms with van der Waals surface area (Å²) in [5, 5.41) is 17.2. The molecule has 1 aliphatic heterocycles. The number of hydrogen-bond acceptors (Lipinski definition) is 13. The fourth-order valence-corrected chi connectivity index (χ4v) is 8.18. The molecule has 7 rings (SSSR count). The molecule has 0 unspecified atom stereocenters. The zero-order chi connectivity index (χ0) is 48.4. The number of halogens is 1. The van der Waals surface area contributed by atoms with Gasteiger partial charge < -0.3 is 29.9 Å². The summed E-state index contributed by atoms with van der Waals surface area (Å²) in [6, 6.07) is 21.8. The number of carbonyl (C=O) groups is 6. The minimum absolute atomic E-state index is 0.0642. The summed E-state index contributed by atoms with van der Waals surface area (Å²) in [5.74, 6) is -3.45. The van der Waals surface area contributed by atoms with Crippen LogP contribution in [0.15, 0.2) is 108 Å². The number of hydrogen-bond donors (Lipinski definition) is 3. The average Bonchev–Trinajstić information content (AvgIpc) is 3.93. The van der Waals surface area contributed by atoms with Crippen molar-refractivity contribution in [2.75, 3.05) is 28.6 Å². The number of esters is 1. The predicted molar refractivity (Wildman–Crippen MR) is 245 cm³/mol. The topological polar surface area (TPSA) is 246 Å². The number of fused-ring (bicyclic) bond motifs is 1. The van der Waals surface area contributed by atoms with E-state index in [9.17, 15) is 37.2 Å². The van der Waals surface area contributed by atoms with Crippen LogP contribution in [0.2, 0.25) is 5.02 Å². The number of urea groups is 1. The van der Waals surface area contributed by atoms with E-state index in [1.54, 1.807) is 71.9 Å². The molecule has 3 heterocycles. The van der Waals surface area contributed by atoms with Gasteiger partial charge in [-0.25, -0.2) is 32.1 Å². The molecule has 0 spiro atoms. The third-order valence-corrected chi connectivity index (χ3v) is 11.5. The third-order valence-electron chi connectivity index (χ3n) is 9.93. The Morgan fingerprint density at radius 1 is 0.776 bits per heavy atom. The van der Waals surface area contributed by atoms with E-state index in [2.05, 4.69) is 26.2 Å². The van der Waals surface area contributed by atoms with Crippen LogP contribution in [-0.2, 0) is 40.3 Å². The number of aromatic nitrogens is 5. The number of nitrogens with zero attached hydrogens (tertiary/aromatic N) is 7. The maximum atomic E-state index is 14.5. The molecule has 1 aliphatic rings. The van der Waals surface area contributed by atoms with E-state index in [1.165, 1.54) is 82.6 Å². The van der Waals surface area contributed by atoms with Crippen LogP contribution in [0.1, 0.15) is 57.6 Å². The molecule has 348 valence electrons. The number of nitrogens with one attached hydrogen (secondary N) is 3. The maximum Gasteiger partial charge on any atom is 0.419 e. The van der Waals surface area contributed by atoms with Crippen LogP contribution in [0.5, 0.6) is 0 Å². The SMILES string of the molecule is CC(C)(C)OC(=O)c1cc2cc(NC(=O)[C@H](Cc3ccc(NC(=O)NS(=O)(=O)c4ccccc4)cc3)N3CCN(c4cc(Cl)ccc4-n4cnnn4)C(=O)C3=O)ccc2n1C(=O)OC(C)(C)C. The smallest absolute Gasteiger partial charge is 0.419 e. The minimum atomic E-state index is -4.17. The molecule has 1 atom stereocenters. The highest BCUT2D eigenvalue weighted by molar-refractivity contribution is 7.90. The van der Waals surface area contributed by atoms with Crippen LogP contribution in [0, 0.1) is 0 Å². The Labute approximate surface area is 389 Å². The van der Waals surface area contributed by atoms with Crippen LogP contribution < -0.4 is 20.3 Å². The molecule has 20 nitrogen and oxygen atoms in total. The molecule has 5 amide bonds. The molecule has 0 radical (unpaired) electrons. The Morgan fingerprint density at radius 3 is 2.12 bits per heavy atom. The Kier molecular flexibility index (Phi) is 13.2. The Morgan fingerprint density at radius 2 is 1.46 bits per heavy atom. The first-order valence-corrected chi connectivity index (χ1v) is 22.5. The summed E-state index contributed by atoms with van der Waals surface area (Å²) in [6.07, 6.45) is 0.356. The van der Waals surface area contributed by atoms with E-state index in [0.717, 1.165) is 9.47 Å². The number of amides is 5. The number of ether oxygens (including phenoxy) is 2. The molecule has 3 N–H and O–H groups in total. The van der Waals surface area contributed by atoms with Crippen LogP contribution in [-0.4, -0.2) is 104 Å². The molecule has 0 saturated carbocycles. The van der Waals surface area contributed by atoms with Gasteiger partial charge in [0.1, 0.15) is 29.3 Å². The number of rotatable bonds is 11. The normalized spacial score (nSPS) is 13.8. The van der Waals surface area contributed by atoms with E-state index in [4.69, 9.17) is 21.1 Å². The molecule has 1 saturated heterocycles. The second-order valence-corrected chi connectivity index (χ2v) is 19.4. The summed E-state index contributed by atoms with van der Waals surface area (Å²) in [7, 11) is -4.17. The van der Waals surface area contributed by atoms with E-state index < -0.39 is 63.1 Å². The lowest BCUT2D eigenvalue weighted by atomic mass is 10.0. The van der Waals surface area contributed by atoms with Gasteiger partial charge in [0.25, 0.3) is 10.0 Å². The lowest BCUT2D eigenvalue weighted by Crippen LogP contribution is -2.60.